The van der Waals surface area contributed by atoms with Crippen molar-refractivity contribution in [3.63, 3.8) is 0 Å². The normalized spacial score (nSPS) is 17.3. The van der Waals surface area contributed by atoms with Crippen molar-refractivity contribution >= 4 is 15.9 Å². The van der Waals surface area contributed by atoms with Gasteiger partial charge >= 0.3 is 0 Å². The number of ether oxygens (including phenoxy) is 2. The first-order chi connectivity index (χ1) is 7.86. The summed E-state index contributed by atoms with van der Waals surface area (Å²) in [6.07, 6.45) is 1.73. The largest absolute Gasteiger partial charge is 0.476 e. The molecule has 1 fully saturated rings. The summed E-state index contributed by atoms with van der Waals surface area (Å²) in [7, 11) is 0. The highest BCUT2D eigenvalue weighted by atomic mass is 79.9. The molecule has 1 aliphatic heterocycles. The van der Waals surface area contributed by atoms with Gasteiger partial charge in [-0.3, -0.25) is 4.90 Å². The molecule has 1 aromatic heterocycles. The van der Waals surface area contributed by atoms with Crippen LogP contribution >= 0.6 is 15.9 Å². The molecule has 4 nitrogen and oxygen atoms in total. The fraction of sp³-hybridized carbons (Fsp3) is 0.545. The van der Waals surface area contributed by atoms with Gasteiger partial charge in [-0.2, -0.15) is 0 Å². The Hall–Kier alpha value is -0.650. The lowest BCUT2D eigenvalue weighted by atomic mass is 10.4. The van der Waals surface area contributed by atoms with Crippen LogP contribution < -0.4 is 4.74 Å². The molecular formula is C11H15BrN2O2. The maximum Gasteiger partial charge on any atom is 0.227 e. The van der Waals surface area contributed by atoms with Crippen LogP contribution in [0.1, 0.15) is 0 Å². The third-order valence-electron chi connectivity index (χ3n) is 2.47. The third kappa shape index (κ3) is 3.43. The first kappa shape index (κ1) is 11.8. The molecule has 0 unspecified atom stereocenters. The molecule has 0 bridgehead atoms. The van der Waals surface area contributed by atoms with Crippen molar-refractivity contribution in [1.29, 1.82) is 0 Å². The van der Waals surface area contributed by atoms with Gasteiger partial charge in [0.2, 0.25) is 5.88 Å². The highest BCUT2D eigenvalue weighted by molar-refractivity contribution is 9.10. The van der Waals surface area contributed by atoms with Crippen molar-refractivity contribution in [1.82, 2.24) is 9.88 Å². The van der Waals surface area contributed by atoms with Crippen molar-refractivity contribution in [2.75, 3.05) is 39.5 Å². The number of hydrogen-bond acceptors (Lipinski definition) is 4. The summed E-state index contributed by atoms with van der Waals surface area (Å²) in [6.45, 7) is 5.22. The van der Waals surface area contributed by atoms with Crippen LogP contribution in [0.15, 0.2) is 22.8 Å². The van der Waals surface area contributed by atoms with Crippen molar-refractivity contribution in [3.8, 4) is 5.88 Å². The number of nitrogens with zero attached hydrogens (tertiary/aromatic N) is 2. The summed E-state index contributed by atoms with van der Waals surface area (Å²) in [5.74, 6) is 0.663. The van der Waals surface area contributed by atoms with Gasteiger partial charge in [-0.1, -0.05) is 0 Å². The van der Waals surface area contributed by atoms with E-state index in [0.717, 1.165) is 37.3 Å². The quantitative estimate of drug-likeness (QED) is 0.841. The van der Waals surface area contributed by atoms with Crippen molar-refractivity contribution in [2.24, 2.45) is 0 Å². The smallest absolute Gasteiger partial charge is 0.227 e. The van der Waals surface area contributed by atoms with E-state index in [4.69, 9.17) is 9.47 Å². The van der Waals surface area contributed by atoms with Gasteiger partial charge in [0.15, 0.2) is 0 Å². The fourth-order valence-electron chi connectivity index (χ4n) is 1.57. The zero-order chi connectivity index (χ0) is 11.2. The predicted octanol–water partition coefficient (Wildman–Crippen LogP) is 1.56. The molecule has 88 valence electrons. The van der Waals surface area contributed by atoms with E-state index < -0.39 is 0 Å². The first-order valence-electron chi connectivity index (χ1n) is 5.39. The summed E-state index contributed by atoms with van der Waals surface area (Å²) < 4.78 is 11.8. The van der Waals surface area contributed by atoms with Crippen molar-refractivity contribution in [2.45, 2.75) is 0 Å². The minimum absolute atomic E-state index is 0.662. The lowest BCUT2D eigenvalue weighted by Gasteiger charge is -2.26. The van der Waals surface area contributed by atoms with E-state index in [0.29, 0.717) is 12.5 Å². The van der Waals surface area contributed by atoms with E-state index in [-0.39, 0.29) is 0 Å². The Labute approximate surface area is 104 Å². The molecule has 0 amide bonds. The topological polar surface area (TPSA) is 34.6 Å². The molecule has 5 heteroatoms. The minimum atomic E-state index is 0.662. The number of morpholine rings is 1. The molecule has 0 saturated carbocycles. The molecule has 0 aromatic carbocycles. The van der Waals surface area contributed by atoms with Gasteiger partial charge in [0, 0.05) is 25.8 Å². The standard InChI is InChI=1S/C11H15BrN2O2/c12-10-2-1-3-13-11(10)16-9-6-14-4-7-15-8-5-14/h1-3H,4-9H2. The molecule has 1 aliphatic rings. The molecule has 16 heavy (non-hydrogen) atoms. The van der Waals surface area contributed by atoms with Crippen molar-refractivity contribution < 1.29 is 9.47 Å². The summed E-state index contributed by atoms with van der Waals surface area (Å²) in [5.41, 5.74) is 0. The Morgan fingerprint density at radius 3 is 3.00 bits per heavy atom. The first-order valence-corrected chi connectivity index (χ1v) is 6.19. The second-order valence-corrected chi connectivity index (χ2v) is 4.45. The van der Waals surface area contributed by atoms with Crippen LogP contribution in [0.5, 0.6) is 5.88 Å². The Bertz CT molecular complexity index is 330. The predicted molar refractivity (Wildman–Crippen MR) is 64.7 cm³/mol. The van der Waals surface area contributed by atoms with E-state index in [2.05, 4.69) is 25.8 Å². The number of pyridine rings is 1. The molecule has 2 rings (SSSR count). The lowest BCUT2D eigenvalue weighted by Crippen LogP contribution is -2.38. The van der Waals surface area contributed by atoms with Gasteiger partial charge in [0.1, 0.15) is 6.61 Å². The third-order valence-corrected chi connectivity index (χ3v) is 3.08. The summed E-state index contributed by atoms with van der Waals surface area (Å²) in [5, 5.41) is 0. The van der Waals surface area contributed by atoms with E-state index in [1.54, 1.807) is 6.20 Å². The van der Waals surface area contributed by atoms with Crippen molar-refractivity contribution in [3.05, 3.63) is 22.8 Å². The van der Waals surface area contributed by atoms with Crippen LogP contribution in [0.2, 0.25) is 0 Å². The van der Waals surface area contributed by atoms with Gasteiger partial charge < -0.3 is 9.47 Å². The molecule has 0 atom stereocenters. The average molecular weight is 287 g/mol. The van der Waals surface area contributed by atoms with E-state index in [9.17, 15) is 0 Å². The molecule has 0 N–H and O–H groups in total. The van der Waals surface area contributed by atoms with Crippen LogP contribution in [0.25, 0.3) is 0 Å². The highest BCUT2D eigenvalue weighted by Crippen LogP contribution is 2.20. The Kier molecular flexibility index (Phi) is 4.56. The van der Waals surface area contributed by atoms with Gasteiger partial charge in [-0.25, -0.2) is 4.98 Å². The summed E-state index contributed by atoms with van der Waals surface area (Å²) in [4.78, 5) is 6.48. The Morgan fingerprint density at radius 1 is 1.44 bits per heavy atom. The van der Waals surface area contributed by atoms with Crippen LogP contribution in [0, 0.1) is 0 Å². The second-order valence-electron chi connectivity index (χ2n) is 3.59. The zero-order valence-corrected chi connectivity index (χ0v) is 10.6. The number of rotatable bonds is 4. The summed E-state index contributed by atoms with van der Waals surface area (Å²) >= 11 is 3.40. The maximum absolute atomic E-state index is 5.60. The highest BCUT2D eigenvalue weighted by Gasteiger charge is 2.10. The fourth-order valence-corrected chi connectivity index (χ4v) is 1.94. The molecule has 0 spiro atoms. The SMILES string of the molecule is Brc1cccnc1OCCN1CCOCC1. The zero-order valence-electron chi connectivity index (χ0n) is 9.06. The van der Waals surface area contributed by atoms with Crippen LogP contribution in [-0.2, 0) is 4.74 Å². The van der Waals surface area contributed by atoms with Crippen LogP contribution in [-0.4, -0.2) is 49.3 Å². The lowest BCUT2D eigenvalue weighted by molar-refractivity contribution is 0.0319. The van der Waals surface area contributed by atoms with Crippen LogP contribution in [0.4, 0.5) is 0 Å². The summed E-state index contributed by atoms with van der Waals surface area (Å²) in [6, 6.07) is 3.80. The van der Waals surface area contributed by atoms with E-state index in [1.165, 1.54) is 0 Å². The molecule has 2 heterocycles. The number of halogens is 1. The van der Waals surface area contributed by atoms with Gasteiger partial charge in [0.25, 0.3) is 0 Å². The average Bonchev–Trinajstić information content (AvgIpc) is 2.33. The number of aromatic nitrogens is 1. The maximum atomic E-state index is 5.60. The molecule has 0 aliphatic carbocycles. The minimum Gasteiger partial charge on any atom is -0.476 e. The van der Waals surface area contributed by atoms with Gasteiger partial charge in [-0.05, 0) is 28.1 Å². The molecular weight excluding hydrogens is 272 g/mol. The molecule has 1 aromatic rings. The Morgan fingerprint density at radius 2 is 2.25 bits per heavy atom. The Balaban J connectivity index is 1.73. The van der Waals surface area contributed by atoms with Gasteiger partial charge in [-0.15, -0.1) is 0 Å². The second kappa shape index (κ2) is 6.18. The molecule has 1 saturated heterocycles. The van der Waals surface area contributed by atoms with E-state index >= 15 is 0 Å². The van der Waals surface area contributed by atoms with Gasteiger partial charge in [0.05, 0.1) is 17.7 Å². The monoisotopic (exact) mass is 286 g/mol. The number of hydrogen-bond donors (Lipinski definition) is 0. The van der Waals surface area contributed by atoms with Crippen LogP contribution in [0.3, 0.4) is 0 Å². The van der Waals surface area contributed by atoms with E-state index in [1.807, 2.05) is 12.1 Å². The molecule has 0 radical (unpaired) electrons.